The fourth-order valence-corrected chi connectivity index (χ4v) is 2.68. The summed E-state index contributed by atoms with van der Waals surface area (Å²) in [6.45, 7) is 2.58. The number of hydrogen-bond acceptors (Lipinski definition) is 5. The van der Waals surface area contributed by atoms with E-state index in [0.717, 1.165) is 16.7 Å². The van der Waals surface area contributed by atoms with Crippen molar-refractivity contribution in [2.75, 3.05) is 44.2 Å². The topological polar surface area (TPSA) is 52.7 Å². The maximum atomic E-state index is 13.2. The Labute approximate surface area is 127 Å². The Bertz CT molecular complexity index is 651. The van der Waals surface area contributed by atoms with Gasteiger partial charge < -0.3 is 14.4 Å². The average molecular weight is 311 g/mol. The smallest absolute Gasteiger partial charge is 0.298 e. The fourth-order valence-electron chi connectivity index (χ4n) is 2.68. The molecule has 1 N–H and O–H groups in total. The van der Waals surface area contributed by atoms with Crippen molar-refractivity contribution >= 4 is 17.1 Å². The van der Waals surface area contributed by atoms with Crippen LogP contribution in [-0.2, 0) is 0 Å². The largest absolute Gasteiger partial charge is 0.423 e. The van der Waals surface area contributed by atoms with E-state index < -0.39 is 19.1 Å². The molecule has 0 radical (unpaired) electrons. The number of nitrogens with zero attached hydrogens (tertiary/aromatic N) is 3. The molecular weight excluding hydrogens is 292 g/mol. The van der Waals surface area contributed by atoms with Gasteiger partial charge in [0.1, 0.15) is 12.1 Å². The molecule has 1 aromatic carbocycles. The first kappa shape index (κ1) is 15.2. The second kappa shape index (κ2) is 5.81. The highest BCUT2D eigenvalue weighted by atomic mass is 19.3. The molecule has 0 saturated carbocycles. The van der Waals surface area contributed by atoms with Crippen molar-refractivity contribution in [3.8, 4) is 0 Å². The Morgan fingerprint density at radius 2 is 2.00 bits per heavy atom. The van der Waals surface area contributed by atoms with Gasteiger partial charge in [-0.15, -0.1) is 0 Å². The van der Waals surface area contributed by atoms with Crippen LogP contribution in [0.15, 0.2) is 22.6 Å². The van der Waals surface area contributed by atoms with Crippen LogP contribution in [-0.4, -0.2) is 60.2 Å². The fraction of sp³-hybridized carbons (Fsp3) is 0.533. The number of alkyl halides is 2. The molecular formula is C15H19F2N3O2. The standard InChI is InChI=1S/C15H19F2N3O2/c1-11-3-2-4-12-13(11)22-14(18-12)20-7-5-19(6-8-20)9-15(16,17)10-21/h2-4,21H,5-10H2,1H3. The van der Waals surface area contributed by atoms with E-state index in [0.29, 0.717) is 32.2 Å². The van der Waals surface area contributed by atoms with E-state index in [9.17, 15) is 8.78 Å². The predicted molar refractivity (Wildman–Crippen MR) is 79.4 cm³/mol. The zero-order valence-electron chi connectivity index (χ0n) is 12.4. The highest BCUT2D eigenvalue weighted by molar-refractivity contribution is 5.77. The summed E-state index contributed by atoms with van der Waals surface area (Å²) >= 11 is 0. The zero-order chi connectivity index (χ0) is 15.7. The lowest BCUT2D eigenvalue weighted by Crippen LogP contribution is -2.50. The summed E-state index contributed by atoms with van der Waals surface area (Å²) in [5, 5.41) is 8.65. The van der Waals surface area contributed by atoms with E-state index >= 15 is 0 Å². The lowest BCUT2D eigenvalue weighted by molar-refractivity contribution is -0.0734. The first-order valence-electron chi connectivity index (χ1n) is 7.31. The van der Waals surface area contributed by atoms with Gasteiger partial charge in [-0.05, 0) is 18.6 Å². The van der Waals surface area contributed by atoms with Gasteiger partial charge in [0.25, 0.3) is 11.9 Å². The molecule has 3 rings (SSSR count). The average Bonchev–Trinajstić information content (AvgIpc) is 2.93. The van der Waals surface area contributed by atoms with E-state index in [-0.39, 0.29) is 0 Å². The summed E-state index contributed by atoms with van der Waals surface area (Å²) < 4.78 is 32.2. The molecule has 2 heterocycles. The maximum absolute atomic E-state index is 13.2. The van der Waals surface area contributed by atoms with Gasteiger partial charge in [-0.3, -0.25) is 4.90 Å². The van der Waals surface area contributed by atoms with Crippen molar-refractivity contribution in [2.45, 2.75) is 12.8 Å². The number of rotatable bonds is 4. The number of piperazine rings is 1. The van der Waals surface area contributed by atoms with Crippen LogP contribution in [0, 0.1) is 6.92 Å². The van der Waals surface area contributed by atoms with Crippen LogP contribution >= 0.6 is 0 Å². The summed E-state index contributed by atoms with van der Waals surface area (Å²) in [6.07, 6.45) is 0. The lowest BCUT2D eigenvalue weighted by Gasteiger charge is -2.35. The van der Waals surface area contributed by atoms with Crippen molar-refractivity contribution in [1.82, 2.24) is 9.88 Å². The number of aryl methyl sites for hydroxylation is 1. The molecule has 1 saturated heterocycles. The van der Waals surface area contributed by atoms with E-state index in [1.165, 1.54) is 0 Å². The van der Waals surface area contributed by atoms with Crippen LogP contribution in [0.1, 0.15) is 5.56 Å². The second-order valence-electron chi connectivity index (χ2n) is 5.70. The number of para-hydroxylation sites is 1. The van der Waals surface area contributed by atoms with Crippen LogP contribution in [0.3, 0.4) is 0 Å². The number of hydrogen-bond donors (Lipinski definition) is 1. The van der Waals surface area contributed by atoms with Crippen molar-refractivity contribution < 1.29 is 18.3 Å². The molecule has 0 bridgehead atoms. The summed E-state index contributed by atoms with van der Waals surface area (Å²) in [4.78, 5) is 8.08. The van der Waals surface area contributed by atoms with E-state index in [2.05, 4.69) is 4.98 Å². The highest BCUT2D eigenvalue weighted by Gasteiger charge is 2.32. The van der Waals surface area contributed by atoms with Gasteiger partial charge in [0, 0.05) is 26.2 Å². The number of oxazole rings is 1. The monoisotopic (exact) mass is 311 g/mol. The van der Waals surface area contributed by atoms with Gasteiger partial charge in [-0.1, -0.05) is 12.1 Å². The first-order valence-corrected chi connectivity index (χ1v) is 7.31. The molecule has 0 aliphatic carbocycles. The maximum Gasteiger partial charge on any atom is 0.298 e. The van der Waals surface area contributed by atoms with Gasteiger partial charge in [0.05, 0.1) is 6.54 Å². The van der Waals surface area contributed by atoms with Gasteiger partial charge in [-0.25, -0.2) is 8.78 Å². The van der Waals surface area contributed by atoms with Crippen molar-refractivity contribution in [3.05, 3.63) is 23.8 Å². The Kier molecular flexibility index (Phi) is 4.01. The number of anilines is 1. The van der Waals surface area contributed by atoms with Crippen LogP contribution in [0.4, 0.5) is 14.8 Å². The summed E-state index contributed by atoms with van der Waals surface area (Å²) in [5.41, 5.74) is 2.61. The normalized spacial score (nSPS) is 17.4. The number of fused-ring (bicyclic) bond motifs is 1. The third kappa shape index (κ3) is 3.05. The van der Waals surface area contributed by atoms with Gasteiger partial charge >= 0.3 is 0 Å². The van der Waals surface area contributed by atoms with Crippen LogP contribution < -0.4 is 4.90 Å². The molecule has 0 amide bonds. The minimum Gasteiger partial charge on any atom is -0.423 e. The molecule has 1 fully saturated rings. The van der Waals surface area contributed by atoms with Gasteiger partial charge in [0.15, 0.2) is 5.58 Å². The molecule has 22 heavy (non-hydrogen) atoms. The summed E-state index contributed by atoms with van der Waals surface area (Å²) in [6, 6.07) is 6.33. The third-order valence-corrected chi connectivity index (χ3v) is 3.93. The molecule has 1 aromatic heterocycles. The van der Waals surface area contributed by atoms with Gasteiger partial charge in [0.2, 0.25) is 0 Å². The molecule has 0 unspecified atom stereocenters. The molecule has 0 atom stereocenters. The third-order valence-electron chi connectivity index (χ3n) is 3.93. The van der Waals surface area contributed by atoms with Gasteiger partial charge in [-0.2, -0.15) is 4.98 Å². The van der Waals surface area contributed by atoms with E-state index in [1.807, 2.05) is 30.0 Å². The number of aliphatic hydroxyl groups excluding tert-OH is 1. The number of aromatic nitrogens is 1. The van der Waals surface area contributed by atoms with Crippen molar-refractivity contribution in [1.29, 1.82) is 0 Å². The summed E-state index contributed by atoms with van der Waals surface area (Å²) in [7, 11) is 0. The van der Waals surface area contributed by atoms with Crippen molar-refractivity contribution in [2.24, 2.45) is 0 Å². The Morgan fingerprint density at radius 3 is 2.64 bits per heavy atom. The van der Waals surface area contributed by atoms with Crippen LogP contribution in [0.25, 0.3) is 11.1 Å². The highest BCUT2D eigenvalue weighted by Crippen LogP contribution is 2.25. The van der Waals surface area contributed by atoms with Crippen molar-refractivity contribution in [3.63, 3.8) is 0 Å². The second-order valence-corrected chi connectivity index (χ2v) is 5.70. The minimum atomic E-state index is -3.04. The van der Waals surface area contributed by atoms with E-state index in [4.69, 9.17) is 9.52 Å². The Hall–Kier alpha value is -1.73. The number of benzene rings is 1. The quantitative estimate of drug-likeness (QED) is 0.934. The number of aliphatic hydroxyl groups is 1. The first-order chi connectivity index (χ1) is 10.5. The molecule has 120 valence electrons. The Morgan fingerprint density at radius 1 is 1.27 bits per heavy atom. The number of halogens is 2. The SMILES string of the molecule is Cc1cccc2nc(N3CCN(CC(F)(F)CO)CC3)oc12. The van der Waals surface area contributed by atoms with Crippen LogP contribution in [0.5, 0.6) is 0 Å². The molecule has 2 aromatic rings. The Balaban J connectivity index is 1.66. The molecule has 1 aliphatic heterocycles. The molecule has 7 heteroatoms. The minimum absolute atomic E-state index is 0.413. The zero-order valence-corrected chi connectivity index (χ0v) is 12.4. The molecule has 5 nitrogen and oxygen atoms in total. The lowest BCUT2D eigenvalue weighted by atomic mass is 10.2. The summed E-state index contributed by atoms with van der Waals surface area (Å²) in [5.74, 6) is -3.04. The van der Waals surface area contributed by atoms with Crippen LogP contribution in [0.2, 0.25) is 0 Å². The van der Waals surface area contributed by atoms with E-state index in [1.54, 1.807) is 4.90 Å². The predicted octanol–water partition coefficient (Wildman–Crippen LogP) is 1.89. The molecule has 1 aliphatic rings. The molecule has 0 spiro atoms.